The molecule has 7 nitrogen and oxygen atoms in total. The highest BCUT2D eigenvalue weighted by molar-refractivity contribution is 7.88. The van der Waals surface area contributed by atoms with Crippen molar-refractivity contribution in [2.24, 2.45) is 5.10 Å². The molecule has 3 aromatic heterocycles. The van der Waals surface area contributed by atoms with Crippen molar-refractivity contribution in [3.8, 4) is 16.3 Å². The zero-order valence-electron chi connectivity index (χ0n) is 16.0. The van der Waals surface area contributed by atoms with Gasteiger partial charge in [0, 0.05) is 18.2 Å². The molecule has 30 heavy (non-hydrogen) atoms. The van der Waals surface area contributed by atoms with E-state index in [1.54, 1.807) is 34.4 Å². The van der Waals surface area contributed by atoms with Crippen LogP contribution in [0.25, 0.3) is 16.3 Å². The summed E-state index contributed by atoms with van der Waals surface area (Å²) in [6.45, 7) is 0. The maximum absolute atomic E-state index is 12.6. The molecule has 9 heteroatoms. The zero-order valence-corrected chi connectivity index (χ0v) is 17.7. The van der Waals surface area contributed by atoms with E-state index in [0.717, 1.165) is 21.8 Å². The fourth-order valence-corrected chi connectivity index (χ4v) is 5.19. The van der Waals surface area contributed by atoms with Gasteiger partial charge in [0.05, 0.1) is 29.1 Å². The van der Waals surface area contributed by atoms with Gasteiger partial charge in [0.15, 0.2) is 0 Å². The van der Waals surface area contributed by atoms with Gasteiger partial charge in [-0.15, -0.1) is 11.3 Å². The van der Waals surface area contributed by atoms with Crippen LogP contribution in [0.3, 0.4) is 0 Å². The van der Waals surface area contributed by atoms with Crippen LogP contribution in [0.4, 0.5) is 0 Å². The third kappa shape index (κ3) is 3.35. The van der Waals surface area contributed by atoms with Gasteiger partial charge in [-0.1, -0.05) is 24.3 Å². The zero-order chi connectivity index (χ0) is 20.7. The molecular weight excluding hydrogens is 420 g/mol. The summed E-state index contributed by atoms with van der Waals surface area (Å²) >= 11 is 1.57. The summed E-state index contributed by atoms with van der Waals surface area (Å²) in [4.78, 5) is 0.972. The van der Waals surface area contributed by atoms with Crippen molar-refractivity contribution in [2.75, 3.05) is 6.26 Å². The van der Waals surface area contributed by atoms with E-state index in [1.807, 2.05) is 54.0 Å². The van der Waals surface area contributed by atoms with Gasteiger partial charge in [-0.2, -0.15) is 14.6 Å². The summed E-state index contributed by atoms with van der Waals surface area (Å²) in [7, 11) is -3.59. The number of rotatable bonds is 5. The monoisotopic (exact) mass is 438 g/mol. The molecule has 1 aliphatic rings. The number of aromatic nitrogens is 2. The number of hydrazone groups is 1. The average Bonchev–Trinajstić information content (AvgIpc) is 3.53. The van der Waals surface area contributed by atoms with Crippen LogP contribution in [0.2, 0.25) is 0 Å². The first-order valence-electron chi connectivity index (χ1n) is 9.30. The molecule has 1 atom stereocenters. The van der Waals surface area contributed by atoms with Crippen molar-refractivity contribution in [3.05, 3.63) is 83.8 Å². The molecule has 0 fully saturated rings. The number of hydrogen-bond donors (Lipinski definition) is 0. The van der Waals surface area contributed by atoms with Gasteiger partial charge in [0.2, 0.25) is 10.0 Å². The van der Waals surface area contributed by atoms with E-state index in [-0.39, 0.29) is 0 Å². The Morgan fingerprint density at radius 3 is 2.60 bits per heavy atom. The van der Waals surface area contributed by atoms with E-state index in [2.05, 4.69) is 5.10 Å². The average molecular weight is 439 g/mol. The van der Waals surface area contributed by atoms with Crippen molar-refractivity contribution in [1.82, 2.24) is 14.2 Å². The van der Waals surface area contributed by atoms with Crippen molar-refractivity contribution in [2.45, 2.75) is 12.5 Å². The van der Waals surface area contributed by atoms with Crippen LogP contribution in [0.5, 0.6) is 0 Å². The van der Waals surface area contributed by atoms with Crippen LogP contribution in [-0.4, -0.2) is 34.6 Å². The molecule has 5 rings (SSSR count). The van der Waals surface area contributed by atoms with Crippen molar-refractivity contribution in [1.29, 1.82) is 0 Å². The fourth-order valence-electron chi connectivity index (χ4n) is 3.57. The molecule has 0 unspecified atom stereocenters. The fraction of sp³-hybridized carbons (Fsp3) is 0.143. The topological polar surface area (TPSA) is 80.7 Å². The normalized spacial score (nSPS) is 16.8. The summed E-state index contributed by atoms with van der Waals surface area (Å²) in [5, 5.41) is 11.2. The van der Waals surface area contributed by atoms with E-state index >= 15 is 0 Å². The van der Waals surface area contributed by atoms with Crippen molar-refractivity contribution >= 4 is 27.1 Å². The molecule has 0 saturated carbocycles. The molecule has 1 aromatic carbocycles. The summed E-state index contributed by atoms with van der Waals surface area (Å²) in [6.07, 6.45) is 5.02. The second-order valence-electron chi connectivity index (χ2n) is 6.97. The summed E-state index contributed by atoms with van der Waals surface area (Å²) < 4.78 is 33.6. The van der Waals surface area contributed by atoms with Crippen molar-refractivity contribution < 1.29 is 12.8 Å². The third-order valence-electron chi connectivity index (χ3n) is 4.89. The summed E-state index contributed by atoms with van der Waals surface area (Å²) in [5.74, 6) is 0.569. The largest absolute Gasteiger partial charge is 0.463 e. The van der Waals surface area contributed by atoms with Crippen molar-refractivity contribution in [3.63, 3.8) is 0 Å². The lowest BCUT2D eigenvalue weighted by Crippen LogP contribution is -2.26. The van der Waals surface area contributed by atoms with Gasteiger partial charge in [-0.05, 0) is 35.7 Å². The second kappa shape index (κ2) is 7.26. The number of nitrogens with zero attached hydrogens (tertiary/aromatic N) is 4. The molecule has 0 radical (unpaired) electrons. The summed E-state index contributed by atoms with van der Waals surface area (Å²) in [6, 6.07) is 16.7. The second-order valence-corrected chi connectivity index (χ2v) is 9.76. The number of hydrogen-bond acceptors (Lipinski definition) is 6. The van der Waals surface area contributed by atoms with Gasteiger partial charge in [-0.3, -0.25) is 0 Å². The Morgan fingerprint density at radius 1 is 1.10 bits per heavy atom. The van der Waals surface area contributed by atoms with Gasteiger partial charge in [0.1, 0.15) is 17.2 Å². The van der Waals surface area contributed by atoms with E-state index in [0.29, 0.717) is 17.9 Å². The van der Waals surface area contributed by atoms with Gasteiger partial charge < -0.3 is 4.42 Å². The quantitative estimate of drug-likeness (QED) is 0.465. The molecule has 0 aliphatic carbocycles. The molecular formula is C21H18N4O3S2. The lowest BCUT2D eigenvalue weighted by atomic mass is 10.0. The highest BCUT2D eigenvalue weighted by atomic mass is 32.2. The Bertz CT molecular complexity index is 1290. The van der Waals surface area contributed by atoms with Gasteiger partial charge in [-0.25, -0.2) is 13.1 Å². The predicted octanol–water partition coefficient (Wildman–Crippen LogP) is 4.30. The minimum atomic E-state index is -3.59. The SMILES string of the molecule is CS(=O)(=O)N1N=C(c2ccco2)C[C@H]1c1cn(-c2ccccc2)nc1-c1cccs1. The molecule has 0 N–H and O–H groups in total. The highest BCUT2D eigenvalue weighted by Crippen LogP contribution is 2.40. The lowest BCUT2D eigenvalue weighted by molar-refractivity contribution is 0.375. The van der Waals surface area contributed by atoms with Crippen LogP contribution in [-0.2, 0) is 10.0 Å². The third-order valence-corrected chi connectivity index (χ3v) is 6.79. The van der Waals surface area contributed by atoms with Crippen LogP contribution >= 0.6 is 11.3 Å². The first kappa shape index (κ1) is 18.8. The minimum absolute atomic E-state index is 0.402. The van der Waals surface area contributed by atoms with E-state index < -0.39 is 16.1 Å². The van der Waals surface area contributed by atoms with E-state index in [4.69, 9.17) is 9.52 Å². The Balaban J connectivity index is 1.64. The Kier molecular flexibility index (Phi) is 4.56. The van der Waals surface area contributed by atoms with Gasteiger partial charge >= 0.3 is 0 Å². The highest BCUT2D eigenvalue weighted by Gasteiger charge is 2.38. The van der Waals surface area contributed by atoms with Crippen LogP contribution in [0, 0.1) is 0 Å². The van der Waals surface area contributed by atoms with E-state index in [1.165, 1.54) is 10.7 Å². The molecule has 4 aromatic rings. The maximum Gasteiger partial charge on any atom is 0.247 e. The van der Waals surface area contributed by atoms with Crippen LogP contribution in [0.15, 0.2) is 82.0 Å². The Morgan fingerprint density at radius 2 is 1.93 bits per heavy atom. The smallest absolute Gasteiger partial charge is 0.247 e. The first-order valence-corrected chi connectivity index (χ1v) is 12.0. The molecule has 0 spiro atoms. The number of para-hydroxylation sites is 1. The molecule has 0 amide bonds. The maximum atomic E-state index is 12.6. The Labute approximate surface area is 177 Å². The molecule has 4 heterocycles. The first-order chi connectivity index (χ1) is 14.5. The van der Waals surface area contributed by atoms with Gasteiger partial charge in [0.25, 0.3) is 0 Å². The standard InChI is InChI=1S/C21H18N4O3S2/c1-30(26,27)25-18(13-17(22-25)19-9-5-11-28-19)16-14-24(15-7-3-2-4-8-15)23-21(16)20-10-6-12-29-20/h2-12,14,18H,13H2,1H3/t18-/m0/s1. The number of benzene rings is 1. The summed E-state index contributed by atoms with van der Waals surface area (Å²) in [5.41, 5.74) is 3.05. The minimum Gasteiger partial charge on any atom is -0.463 e. The molecule has 0 saturated heterocycles. The van der Waals surface area contributed by atoms with Crippen LogP contribution in [0.1, 0.15) is 23.8 Å². The molecule has 152 valence electrons. The van der Waals surface area contributed by atoms with Crippen LogP contribution < -0.4 is 0 Å². The number of sulfonamides is 1. The lowest BCUT2D eigenvalue weighted by Gasteiger charge is -2.20. The number of furan rings is 1. The Hall–Kier alpha value is -3.17. The molecule has 0 bridgehead atoms. The predicted molar refractivity (Wildman–Crippen MR) is 116 cm³/mol. The molecule has 1 aliphatic heterocycles. The number of thiophene rings is 1. The van der Waals surface area contributed by atoms with E-state index in [9.17, 15) is 8.42 Å².